The second-order valence-corrected chi connectivity index (χ2v) is 7.34. The Balaban J connectivity index is 1.49. The Labute approximate surface area is 181 Å². The van der Waals surface area contributed by atoms with E-state index in [4.69, 9.17) is 9.72 Å². The number of aryl methyl sites for hydroxylation is 1. The van der Waals surface area contributed by atoms with E-state index in [9.17, 15) is 0 Å². The van der Waals surface area contributed by atoms with Crippen LogP contribution < -0.4 is 4.74 Å². The van der Waals surface area contributed by atoms with Gasteiger partial charge in [0, 0.05) is 29.5 Å². The quantitative estimate of drug-likeness (QED) is 0.445. The summed E-state index contributed by atoms with van der Waals surface area (Å²) < 4.78 is 7.15. The molecule has 0 amide bonds. The van der Waals surface area contributed by atoms with Crippen molar-refractivity contribution in [2.75, 3.05) is 7.11 Å². The first-order valence-corrected chi connectivity index (χ1v) is 9.89. The van der Waals surface area contributed by atoms with Gasteiger partial charge in [0.1, 0.15) is 23.3 Å². The number of methoxy groups -OCH3 is 1. The second kappa shape index (κ2) is 6.98. The van der Waals surface area contributed by atoms with Gasteiger partial charge in [0.15, 0.2) is 11.6 Å². The molecule has 32 heavy (non-hydrogen) atoms. The molecule has 10 heteroatoms. The SMILES string of the molecule is COc1cncc(-c2cc3c(-c4nc5c(-n6cnc(C)c6)nccc5[nH]4)n[nH]c3cn2)c1. The molecule has 0 aliphatic carbocycles. The second-order valence-electron chi connectivity index (χ2n) is 7.34. The monoisotopic (exact) mass is 423 g/mol. The first-order chi connectivity index (χ1) is 15.7. The number of ether oxygens (including phenoxy) is 1. The molecule has 0 saturated heterocycles. The van der Waals surface area contributed by atoms with Crippen molar-refractivity contribution in [1.29, 1.82) is 0 Å². The lowest BCUT2D eigenvalue weighted by Crippen LogP contribution is -1.95. The van der Waals surface area contributed by atoms with Crippen molar-refractivity contribution in [3.63, 3.8) is 0 Å². The number of nitrogens with zero attached hydrogens (tertiary/aromatic N) is 7. The minimum absolute atomic E-state index is 0.637. The zero-order valence-electron chi connectivity index (χ0n) is 17.2. The first kappa shape index (κ1) is 18.2. The highest BCUT2D eigenvalue weighted by molar-refractivity contribution is 5.95. The van der Waals surface area contributed by atoms with E-state index in [1.807, 2.05) is 35.9 Å². The molecule has 6 aromatic heterocycles. The van der Waals surface area contributed by atoms with E-state index in [2.05, 4.69) is 35.1 Å². The lowest BCUT2D eigenvalue weighted by molar-refractivity contribution is 0.413. The molecule has 0 aliphatic heterocycles. The molecule has 0 fully saturated rings. The van der Waals surface area contributed by atoms with E-state index in [-0.39, 0.29) is 0 Å². The average molecular weight is 423 g/mol. The average Bonchev–Trinajstić information content (AvgIpc) is 3.55. The van der Waals surface area contributed by atoms with Crippen molar-refractivity contribution in [2.45, 2.75) is 6.92 Å². The minimum Gasteiger partial charge on any atom is -0.495 e. The van der Waals surface area contributed by atoms with Crippen molar-refractivity contribution >= 4 is 21.9 Å². The van der Waals surface area contributed by atoms with Gasteiger partial charge in [0.2, 0.25) is 0 Å². The zero-order valence-corrected chi connectivity index (χ0v) is 17.2. The summed E-state index contributed by atoms with van der Waals surface area (Å²) in [5.74, 6) is 2.01. The van der Waals surface area contributed by atoms with Gasteiger partial charge in [-0.1, -0.05) is 0 Å². The number of imidazole rings is 2. The summed E-state index contributed by atoms with van der Waals surface area (Å²) in [5, 5.41) is 8.43. The van der Waals surface area contributed by atoms with Crippen molar-refractivity contribution in [1.82, 2.24) is 44.7 Å². The van der Waals surface area contributed by atoms with Crippen LogP contribution in [0, 0.1) is 6.92 Å². The van der Waals surface area contributed by atoms with E-state index >= 15 is 0 Å². The number of aromatic amines is 2. The number of fused-ring (bicyclic) bond motifs is 2. The van der Waals surface area contributed by atoms with Crippen LogP contribution in [0.25, 0.3) is 50.5 Å². The fourth-order valence-electron chi connectivity index (χ4n) is 3.69. The van der Waals surface area contributed by atoms with Gasteiger partial charge < -0.3 is 9.72 Å². The number of H-pyrrole nitrogens is 2. The van der Waals surface area contributed by atoms with Crippen LogP contribution in [-0.4, -0.2) is 51.8 Å². The van der Waals surface area contributed by atoms with Gasteiger partial charge in [-0.3, -0.25) is 19.6 Å². The minimum atomic E-state index is 0.637. The topological polar surface area (TPSA) is 123 Å². The van der Waals surface area contributed by atoms with Crippen LogP contribution in [0.15, 0.2) is 55.5 Å². The molecular formula is C22H17N9O. The largest absolute Gasteiger partial charge is 0.495 e. The fourth-order valence-corrected chi connectivity index (χ4v) is 3.69. The van der Waals surface area contributed by atoms with Gasteiger partial charge in [-0.05, 0) is 25.1 Å². The maximum Gasteiger partial charge on any atom is 0.166 e. The summed E-state index contributed by atoms with van der Waals surface area (Å²) >= 11 is 0. The summed E-state index contributed by atoms with van der Waals surface area (Å²) in [6.45, 7) is 1.94. The molecule has 10 nitrogen and oxygen atoms in total. The number of pyridine rings is 3. The van der Waals surface area contributed by atoms with Gasteiger partial charge in [0.05, 0.1) is 41.9 Å². The van der Waals surface area contributed by atoms with Crippen molar-refractivity contribution in [3.8, 4) is 34.3 Å². The lowest BCUT2D eigenvalue weighted by Gasteiger charge is -2.03. The Hall–Kier alpha value is -4.60. The molecule has 0 bridgehead atoms. The predicted molar refractivity (Wildman–Crippen MR) is 118 cm³/mol. The van der Waals surface area contributed by atoms with Gasteiger partial charge in [0.25, 0.3) is 0 Å². The van der Waals surface area contributed by atoms with E-state index < -0.39 is 0 Å². The Bertz CT molecular complexity index is 1590. The predicted octanol–water partition coefficient (Wildman–Crippen LogP) is 3.46. The number of nitrogens with one attached hydrogen (secondary N) is 2. The summed E-state index contributed by atoms with van der Waals surface area (Å²) in [6, 6.07) is 5.76. The van der Waals surface area contributed by atoms with Crippen LogP contribution in [0.3, 0.4) is 0 Å². The van der Waals surface area contributed by atoms with Gasteiger partial charge in [-0.15, -0.1) is 0 Å². The summed E-state index contributed by atoms with van der Waals surface area (Å²) in [7, 11) is 1.61. The summed E-state index contributed by atoms with van der Waals surface area (Å²) in [4.78, 5) is 25.7. The number of aromatic nitrogens is 9. The Morgan fingerprint density at radius 2 is 1.97 bits per heavy atom. The van der Waals surface area contributed by atoms with E-state index in [1.165, 1.54) is 0 Å². The standard InChI is InChI=1S/C22H17N9O/c1-12-10-31(11-26-12)22-20-16(3-4-24-22)27-21(28-20)19-15-6-17(25-9-18(15)29-30-19)13-5-14(32-2)8-23-7-13/h3-11H,1-2H3,(H,27,28)(H,29,30). The zero-order chi connectivity index (χ0) is 21.7. The van der Waals surface area contributed by atoms with Crippen molar-refractivity contribution in [3.05, 3.63) is 61.2 Å². The van der Waals surface area contributed by atoms with E-state index in [0.29, 0.717) is 23.1 Å². The molecule has 0 aliphatic rings. The molecule has 0 saturated carbocycles. The van der Waals surface area contributed by atoms with Gasteiger partial charge in [-0.2, -0.15) is 5.10 Å². The van der Waals surface area contributed by atoms with Crippen LogP contribution in [0.4, 0.5) is 0 Å². The molecule has 2 N–H and O–H groups in total. The van der Waals surface area contributed by atoms with Crippen LogP contribution in [-0.2, 0) is 0 Å². The molecule has 6 rings (SSSR count). The summed E-state index contributed by atoms with van der Waals surface area (Å²) in [5.41, 5.74) is 5.63. The third kappa shape index (κ3) is 2.88. The third-order valence-corrected chi connectivity index (χ3v) is 5.25. The normalized spacial score (nSPS) is 11.4. The van der Waals surface area contributed by atoms with Crippen molar-refractivity contribution < 1.29 is 4.74 Å². The van der Waals surface area contributed by atoms with E-state index in [0.717, 1.165) is 38.9 Å². The molecule has 156 valence electrons. The Morgan fingerprint density at radius 3 is 2.81 bits per heavy atom. The smallest absolute Gasteiger partial charge is 0.166 e. The summed E-state index contributed by atoms with van der Waals surface area (Å²) in [6.07, 6.45) is 10.6. The third-order valence-electron chi connectivity index (χ3n) is 5.25. The number of rotatable bonds is 4. The molecular weight excluding hydrogens is 406 g/mol. The molecule has 0 spiro atoms. The molecule has 6 aromatic rings. The van der Waals surface area contributed by atoms with Crippen LogP contribution >= 0.6 is 0 Å². The van der Waals surface area contributed by atoms with E-state index in [1.54, 1.807) is 38.2 Å². The molecule has 0 aromatic carbocycles. The number of hydrogen-bond donors (Lipinski definition) is 2. The molecule has 0 radical (unpaired) electrons. The number of hydrogen-bond acceptors (Lipinski definition) is 7. The molecule has 0 atom stereocenters. The van der Waals surface area contributed by atoms with Gasteiger partial charge in [-0.25, -0.2) is 15.0 Å². The fraction of sp³-hybridized carbons (Fsp3) is 0.0909. The maximum absolute atomic E-state index is 5.29. The van der Waals surface area contributed by atoms with Crippen LogP contribution in [0.5, 0.6) is 5.75 Å². The Morgan fingerprint density at radius 1 is 1.03 bits per heavy atom. The highest BCUT2D eigenvalue weighted by Crippen LogP contribution is 2.30. The van der Waals surface area contributed by atoms with Crippen molar-refractivity contribution in [2.24, 2.45) is 0 Å². The molecule has 6 heterocycles. The Kier molecular flexibility index (Phi) is 3.97. The highest BCUT2D eigenvalue weighted by Gasteiger charge is 2.17. The van der Waals surface area contributed by atoms with Crippen LogP contribution in [0.2, 0.25) is 0 Å². The maximum atomic E-state index is 5.29. The highest BCUT2D eigenvalue weighted by atomic mass is 16.5. The molecule has 0 unspecified atom stereocenters. The van der Waals surface area contributed by atoms with Crippen LogP contribution in [0.1, 0.15) is 5.69 Å². The first-order valence-electron chi connectivity index (χ1n) is 9.89. The van der Waals surface area contributed by atoms with Gasteiger partial charge >= 0.3 is 0 Å². The lowest BCUT2D eigenvalue weighted by atomic mass is 10.1.